The van der Waals surface area contributed by atoms with Crippen molar-refractivity contribution in [2.24, 2.45) is 5.73 Å². The van der Waals surface area contributed by atoms with Crippen LogP contribution >= 0.6 is 0 Å². The van der Waals surface area contributed by atoms with Gasteiger partial charge in [0.25, 0.3) is 0 Å². The van der Waals surface area contributed by atoms with Gasteiger partial charge >= 0.3 is 11.9 Å². The Balaban J connectivity index is 2.64. The van der Waals surface area contributed by atoms with Gasteiger partial charge in [0, 0.05) is 5.56 Å². The highest BCUT2D eigenvalue weighted by Crippen LogP contribution is 2.05. The quantitative estimate of drug-likeness (QED) is 0.750. The lowest BCUT2D eigenvalue weighted by atomic mass is 10.1. The van der Waals surface area contributed by atoms with E-state index < -0.39 is 24.5 Å². The highest BCUT2D eigenvalue weighted by molar-refractivity contribution is 5.95. The van der Waals surface area contributed by atoms with Gasteiger partial charge in [-0.25, -0.2) is 9.59 Å². The van der Waals surface area contributed by atoms with Crippen LogP contribution in [0, 0.1) is 0 Å². The Morgan fingerprint density at radius 2 is 1.65 bits per heavy atom. The van der Waals surface area contributed by atoms with E-state index in [0.717, 1.165) is 0 Å². The fraction of sp³-hybridized carbons (Fsp3) is 0.182. The van der Waals surface area contributed by atoms with Crippen molar-refractivity contribution in [1.82, 2.24) is 0 Å². The van der Waals surface area contributed by atoms with E-state index >= 15 is 0 Å². The number of rotatable bonds is 4. The van der Waals surface area contributed by atoms with Crippen molar-refractivity contribution in [2.45, 2.75) is 0 Å². The highest BCUT2D eigenvalue weighted by atomic mass is 16.6. The predicted molar refractivity (Wildman–Crippen MR) is 57.3 cm³/mol. The lowest BCUT2D eigenvalue weighted by Crippen LogP contribution is -2.15. The summed E-state index contributed by atoms with van der Waals surface area (Å²) in [6, 6.07) is 5.58. The lowest BCUT2D eigenvalue weighted by Gasteiger charge is -2.03. The summed E-state index contributed by atoms with van der Waals surface area (Å²) in [5, 5.41) is 0. The van der Waals surface area contributed by atoms with Crippen LogP contribution in [0.25, 0.3) is 0 Å². The van der Waals surface area contributed by atoms with Crippen LogP contribution in [-0.2, 0) is 14.3 Å². The molecule has 0 aliphatic carbocycles. The van der Waals surface area contributed by atoms with Crippen molar-refractivity contribution in [3.63, 3.8) is 0 Å². The van der Waals surface area contributed by atoms with Gasteiger partial charge < -0.3 is 15.2 Å². The molecule has 1 amide bonds. The molecule has 0 fully saturated rings. The number of amides is 1. The average molecular weight is 237 g/mol. The van der Waals surface area contributed by atoms with E-state index in [0.29, 0.717) is 0 Å². The number of hydrogen-bond acceptors (Lipinski definition) is 5. The summed E-state index contributed by atoms with van der Waals surface area (Å²) in [4.78, 5) is 32.9. The Bertz CT molecular complexity index is 438. The van der Waals surface area contributed by atoms with Crippen molar-refractivity contribution in [1.29, 1.82) is 0 Å². The Kier molecular flexibility index (Phi) is 4.21. The van der Waals surface area contributed by atoms with Gasteiger partial charge in [0.05, 0.1) is 12.7 Å². The Morgan fingerprint density at radius 1 is 1.12 bits per heavy atom. The van der Waals surface area contributed by atoms with Crippen molar-refractivity contribution in [3.8, 4) is 0 Å². The molecular weight excluding hydrogens is 226 g/mol. The van der Waals surface area contributed by atoms with Gasteiger partial charge in [-0.05, 0) is 24.3 Å². The van der Waals surface area contributed by atoms with Gasteiger partial charge in [-0.15, -0.1) is 0 Å². The Morgan fingerprint density at radius 3 is 2.12 bits per heavy atom. The number of esters is 2. The maximum Gasteiger partial charge on any atom is 0.344 e. The third kappa shape index (κ3) is 3.60. The first kappa shape index (κ1) is 12.7. The van der Waals surface area contributed by atoms with Gasteiger partial charge in [-0.3, -0.25) is 4.79 Å². The molecule has 6 nitrogen and oxygen atoms in total. The molecule has 0 bridgehead atoms. The monoisotopic (exact) mass is 237 g/mol. The van der Waals surface area contributed by atoms with E-state index in [2.05, 4.69) is 9.47 Å². The maximum atomic E-state index is 11.4. The van der Waals surface area contributed by atoms with Crippen LogP contribution in [0.15, 0.2) is 24.3 Å². The zero-order valence-electron chi connectivity index (χ0n) is 9.14. The first-order valence-corrected chi connectivity index (χ1v) is 4.68. The molecular formula is C11H11NO5. The van der Waals surface area contributed by atoms with Gasteiger partial charge in [0.15, 0.2) is 6.61 Å². The molecule has 0 atom stereocenters. The molecule has 0 heterocycles. The lowest BCUT2D eigenvalue weighted by molar-refractivity contribution is -0.144. The second kappa shape index (κ2) is 5.64. The van der Waals surface area contributed by atoms with Gasteiger partial charge in [-0.1, -0.05) is 0 Å². The maximum absolute atomic E-state index is 11.4. The fourth-order valence-electron chi connectivity index (χ4n) is 1.04. The minimum absolute atomic E-state index is 0.221. The number of hydrogen-bond donors (Lipinski definition) is 1. The summed E-state index contributed by atoms with van der Waals surface area (Å²) < 4.78 is 8.96. The molecule has 0 aliphatic rings. The summed E-state index contributed by atoms with van der Waals surface area (Å²) in [6.07, 6.45) is 0. The zero-order valence-corrected chi connectivity index (χ0v) is 9.14. The molecule has 0 unspecified atom stereocenters. The van der Waals surface area contributed by atoms with E-state index in [1.165, 1.54) is 31.4 Å². The average Bonchev–Trinajstić information content (AvgIpc) is 2.35. The molecule has 0 radical (unpaired) electrons. The first-order chi connectivity index (χ1) is 8.04. The molecule has 0 spiro atoms. The Labute approximate surface area is 97.3 Å². The van der Waals surface area contributed by atoms with Crippen LogP contribution in [0.3, 0.4) is 0 Å². The van der Waals surface area contributed by atoms with Crippen molar-refractivity contribution in [2.75, 3.05) is 13.7 Å². The fourth-order valence-corrected chi connectivity index (χ4v) is 1.04. The summed E-state index contributed by atoms with van der Waals surface area (Å²) in [5.41, 5.74) is 5.55. The SMILES string of the molecule is COC(=O)COC(=O)c1ccc(C(N)=O)cc1. The minimum Gasteiger partial charge on any atom is -0.466 e. The second-order valence-corrected chi connectivity index (χ2v) is 3.09. The predicted octanol–water partition coefficient (Wildman–Crippen LogP) is 0.115. The number of carbonyl (C=O) groups excluding carboxylic acids is 3. The molecule has 1 rings (SSSR count). The minimum atomic E-state index is -0.675. The molecule has 0 aromatic heterocycles. The van der Waals surface area contributed by atoms with E-state index in [1.54, 1.807) is 0 Å². The number of methoxy groups -OCH3 is 1. The van der Waals surface area contributed by atoms with Crippen LogP contribution in [-0.4, -0.2) is 31.6 Å². The summed E-state index contributed by atoms with van der Waals surface area (Å²) in [7, 11) is 1.19. The van der Waals surface area contributed by atoms with Crippen LogP contribution in [0.1, 0.15) is 20.7 Å². The molecule has 1 aromatic rings. The van der Waals surface area contributed by atoms with Gasteiger partial charge in [-0.2, -0.15) is 0 Å². The topological polar surface area (TPSA) is 95.7 Å². The molecule has 0 saturated heterocycles. The molecule has 1 aromatic carbocycles. The zero-order chi connectivity index (χ0) is 12.8. The van der Waals surface area contributed by atoms with Crippen LogP contribution in [0.2, 0.25) is 0 Å². The number of carbonyl (C=O) groups is 3. The van der Waals surface area contributed by atoms with Gasteiger partial charge in [0.1, 0.15) is 0 Å². The third-order valence-corrected chi connectivity index (χ3v) is 1.95. The summed E-state index contributed by atoms with van der Waals surface area (Å²) in [6.45, 7) is -0.451. The Hall–Kier alpha value is -2.37. The highest BCUT2D eigenvalue weighted by Gasteiger charge is 2.10. The largest absolute Gasteiger partial charge is 0.466 e. The molecule has 90 valence electrons. The standard InChI is InChI=1S/C11H11NO5/c1-16-9(13)6-17-11(15)8-4-2-7(3-5-8)10(12)14/h2-5H,6H2,1H3,(H2,12,14). The molecule has 6 heteroatoms. The van der Waals surface area contributed by atoms with Crippen LogP contribution in [0.5, 0.6) is 0 Å². The van der Waals surface area contributed by atoms with E-state index in [4.69, 9.17) is 5.73 Å². The van der Waals surface area contributed by atoms with Gasteiger partial charge in [0.2, 0.25) is 5.91 Å². The number of nitrogens with two attached hydrogens (primary N) is 1. The normalized spacial score (nSPS) is 9.47. The summed E-state index contributed by atoms with van der Waals surface area (Å²) in [5.74, 6) is -1.90. The molecule has 2 N–H and O–H groups in total. The molecule has 0 saturated carbocycles. The molecule has 0 aliphatic heterocycles. The van der Waals surface area contributed by atoms with Crippen molar-refractivity contribution >= 4 is 17.8 Å². The first-order valence-electron chi connectivity index (χ1n) is 4.68. The van der Waals surface area contributed by atoms with Crippen LogP contribution in [0.4, 0.5) is 0 Å². The molecule has 17 heavy (non-hydrogen) atoms. The number of ether oxygens (including phenoxy) is 2. The third-order valence-electron chi connectivity index (χ3n) is 1.95. The van der Waals surface area contributed by atoms with Crippen LogP contribution < -0.4 is 5.73 Å². The summed E-state index contributed by atoms with van der Waals surface area (Å²) >= 11 is 0. The smallest absolute Gasteiger partial charge is 0.344 e. The number of benzene rings is 1. The number of primary amides is 1. The van der Waals surface area contributed by atoms with Crippen molar-refractivity contribution < 1.29 is 23.9 Å². The van der Waals surface area contributed by atoms with E-state index in [-0.39, 0.29) is 11.1 Å². The van der Waals surface area contributed by atoms with Crippen molar-refractivity contribution in [3.05, 3.63) is 35.4 Å². The van der Waals surface area contributed by atoms with E-state index in [9.17, 15) is 14.4 Å². The van der Waals surface area contributed by atoms with E-state index in [1.807, 2.05) is 0 Å². The second-order valence-electron chi connectivity index (χ2n) is 3.09.